The van der Waals surface area contributed by atoms with Gasteiger partial charge in [-0.15, -0.1) is 0 Å². The summed E-state index contributed by atoms with van der Waals surface area (Å²) in [7, 11) is -10.9. The Bertz CT molecular complexity index is 1000. The fraction of sp³-hybridized carbons (Fsp3) is 0.294. The maximum Gasteiger partial charge on any atom is 0.419 e. The number of ether oxygens (including phenoxy) is 1. The molecule has 0 fully saturated rings. The van der Waals surface area contributed by atoms with Crippen LogP contribution in [0.1, 0.15) is 24.0 Å². The van der Waals surface area contributed by atoms with Gasteiger partial charge in [0.15, 0.2) is 0 Å². The molecule has 0 N–H and O–H groups in total. The lowest BCUT2D eigenvalue weighted by Crippen LogP contribution is -2.32. The molecule has 2 aromatic carbocycles. The Kier molecular flexibility index (Phi) is 7.13. The molecule has 0 aliphatic heterocycles. The summed E-state index contributed by atoms with van der Waals surface area (Å²) in [5.74, 6) is -0.334. The van der Waals surface area contributed by atoms with Crippen LogP contribution in [0.2, 0.25) is 0 Å². The summed E-state index contributed by atoms with van der Waals surface area (Å²) in [6.07, 6.45) is -5.34. The number of hydrogen-bond donors (Lipinski definition) is 0. The number of benzene rings is 2. The third-order valence-corrected chi connectivity index (χ3v) is 7.34. The summed E-state index contributed by atoms with van der Waals surface area (Å²) in [6, 6.07) is 10.4. The summed E-state index contributed by atoms with van der Waals surface area (Å²) >= 11 is 0. The van der Waals surface area contributed by atoms with E-state index in [4.69, 9.17) is 4.74 Å². The van der Waals surface area contributed by atoms with Crippen LogP contribution in [0.5, 0.6) is 11.5 Å². The average Bonchev–Trinajstić information content (AvgIpc) is 2.56. The van der Waals surface area contributed by atoms with Gasteiger partial charge in [0, 0.05) is 0 Å². The van der Waals surface area contributed by atoms with Crippen molar-refractivity contribution in [1.29, 1.82) is 0 Å². The first kappa shape index (κ1) is 23.4. The van der Waals surface area contributed by atoms with Gasteiger partial charge in [-0.25, -0.2) is 8.42 Å². The minimum atomic E-state index is -5.63. The minimum absolute atomic E-state index is 0.0735. The SMILES string of the molecule is O=P([O-])([O-])C(CCCc1cccc(Oc2ccccc2C(F)(F)F)c1)S(=O)(=O)[O-]. The van der Waals surface area contributed by atoms with Crippen molar-refractivity contribution >= 4 is 17.7 Å². The Morgan fingerprint density at radius 3 is 2.31 bits per heavy atom. The zero-order chi connectivity index (χ0) is 21.9. The molecule has 160 valence electrons. The Morgan fingerprint density at radius 1 is 1.07 bits per heavy atom. The Labute approximate surface area is 165 Å². The number of rotatable bonds is 8. The molecule has 0 aliphatic carbocycles. The van der Waals surface area contributed by atoms with Crippen molar-refractivity contribution < 1.29 is 45.2 Å². The molecule has 0 aromatic heterocycles. The van der Waals surface area contributed by atoms with E-state index in [9.17, 15) is 40.5 Å². The van der Waals surface area contributed by atoms with Crippen molar-refractivity contribution in [3.05, 3.63) is 59.7 Å². The Morgan fingerprint density at radius 2 is 1.72 bits per heavy atom. The lowest BCUT2D eigenvalue weighted by molar-refractivity contribution is -0.314. The van der Waals surface area contributed by atoms with E-state index in [0.29, 0.717) is 5.56 Å². The van der Waals surface area contributed by atoms with Crippen LogP contribution >= 0.6 is 7.60 Å². The summed E-state index contributed by atoms with van der Waals surface area (Å²) < 4.78 is 88.2. The van der Waals surface area contributed by atoms with Gasteiger partial charge in [-0.1, -0.05) is 31.9 Å². The Balaban J connectivity index is 2.11. The summed E-state index contributed by atoms with van der Waals surface area (Å²) in [5.41, 5.74) is -0.476. The maximum atomic E-state index is 13.0. The highest BCUT2D eigenvalue weighted by Crippen LogP contribution is 2.39. The first-order valence-electron chi connectivity index (χ1n) is 8.18. The number of hydrogen-bond acceptors (Lipinski definition) is 7. The standard InChI is InChI=1S/C17H18F3O7PS/c18-17(19,20)14-8-1-2-9-15(14)27-13-7-3-5-12(11-13)6-4-10-16(28(21,22)23)29(24,25)26/h1-3,5,7-9,11,16H,4,6,10H2,(H2,21,22,23)(H,24,25,26)/p-3. The highest BCUT2D eigenvalue weighted by molar-refractivity contribution is 7.93. The second-order valence-electron chi connectivity index (χ2n) is 6.12. The molecule has 0 radical (unpaired) electrons. The smallest absolute Gasteiger partial charge is 0.419 e. The van der Waals surface area contributed by atoms with Crippen LogP contribution in [0.15, 0.2) is 48.5 Å². The van der Waals surface area contributed by atoms with E-state index in [1.807, 2.05) is 0 Å². The van der Waals surface area contributed by atoms with E-state index in [1.54, 1.807) is 6.07 Å². The van der Waals surface area contributed by atoms with Crippen LogP contribution in [-0.2, 0) is 27.3 Å². The van der Waals surface area contributed by atoms with E-state index < -0.39 is 46.6 Å². The Hall–Kier alpha value is -1.91. The molecule has 0 heterocycles. The molecule has 0 saturated carbocycles. The molecule has 2 aromatic rings. The van der Waals surface area contributed by atoms with Crippen LogP contribution in [0.25, 0.3) is 0 Å². The van der Waals surface area contributed by atoms with E-state index in [-0.39, 0.29) is 18.6 Å². The van der Waals surface area contributed by atoms with Crippen molar-refractivity contribution in [3.63, 3.8) is 0 Å². The highest BCUT2D eigenvalue weighted by atomic mass is 32.2. The minimum Gasteiger partial charge on any atom is -0.810 e. The van der Waals surface area contributed by atoms with Crippen LogP contribution < -0.4 is 14.5 Å². The molecule has 12 heteroatoms. The van der Waals surface area contributed by atoms with Crippen LogP contribution in [0.4, 0.5) is 13.2 Å². The maximum absolute atomic E-state index is 13.0. The average molecular weight is 451 g/mol. The number of halogens is 3. The van der Waals surface area contributed by atoms with Crippen LogP contribution in [0.3, 0.4) is 0 Å². The van der Waals surface area contributed by atoms with Gasteiger partial charge in [-0.3, -0.25) is 0 Å². The van der Waals surface area contributed by atoms with E-state index in [2.05, 4.69) is 0 Å². The molecule has 29 heavy (non-hydrogen) atoms. The zero-order valence-electron chi connectivity index (χ0n) is 14.7. The first-order valence-corrected chi connectivity index (χ1v) is 11.3. The van der Waals surface area contributed by atoms with Crippen molar-refractivity contribution in [2.24, 2.45) is 0 Å². The molecule has 2 rings (SSSR count). The first-order chi connectivity index (χ1) is 13.3. The molecule has 7 nitrogen and oxygen atoms in total. The van der Waals surface area contributed by atoms with Crippen molar-refractivity contribution in [3.8, 4) is 11.5 Å². The fourth-order valence-electron chi connectivity index (χ4n) is 2.62. The topological polar surface area (TPSA) is 130 Å². The number of aryl methyl sites for hydroxylation is 1. The predicted octanol–water partition coefficient (Wildman–Crippen LogP) is 2.61. The van der Waals surface area contributed by atoms with Gasteiger partial charge in [-0.2, -0.15) is 13.2 Å². The molecule has 0 amide bonds. The molecule has 0 bridgehead atoms. The molecule has 0 saturated heterocycles. The monoisotopic (exact) mass is 451 g/mol. The third kappa shape index (κ3) is 6.83. The van der Waals surface area contributed by atoms with Gasteiger partial charge < -0.3 is 23.6 Å². The molecule has 0 spiro atoms. The van der Waals surface area contributed by atoms with E-state index >= 15 is 0 Å². The highest BCUT2D eigenvalue weighted by Gasteiger charge is 2.34. The van der Waals surface area contributed by atoms with E-state index in [1.165, 1.54) is 30.3 Å². The lowest BCUT2D eigenvalue weighted by Gasteiger charge is -2.39. The van der Waals surface area contributed by atoms with Crippen LogP contribution in [0, 0.1) is 0 Å². The summed E-state index contributed by atoms with van der Waals surface area (Å²) in [4.78, 5) is 19.4. The zero-order valence-corrected chi connectivity index (χ0v) is 16.4. The molecule has 1 atom stereocenters. The molecular weight excluding hydrogens is 436 g/mol. The predicted molar refractivity (Wildman–Crippen MR) is 92.0 cm³/mol. The van der Waals surface area contributed by atoms with E-state index in [0.717, 1.165) is 12.1 Å². The summed E-state index contributed by atoms with van der Waals surface area (Å²) in [5, 5.41) is 0. The van der Waals surface area contributed by atoms with Gasteiger partial charge in [0.25, 0.3) is 0 Å². The van der Waals surface area contributed by atoms with Gasteiger partial charge >= 0.3 is 6.18 Å². The molecule has 0 aliphatic rings. The van der Waals surface area contributed by atoms with Crippen molar-refractivity contribution in [2.75, 3.05) is 0 Å². The normalized spacial score (nSPS) is 13.9. The van der Waals surface area contributed by atoms with Crippen molar-refractivity contribution in [1.82, 2.24) is 0 Å². The van der Waals surface area contributed by atoms with Crippen LogP contribution in [-0.4, -0.2) is 18.0 Å². The molecule has 1 unspecified atom stereocenters. The van der Waals surface area contributed by atoms with Gasteiger partial charge in [0.1, 0.15) is 21.6 Å². The van der Waals surface area contributed by atoms with Gasteiger partial charge in [-0.05, 0) is 49.1 Å². The lowest BCUT2D eigenvalue weighted by atomic mass is 10.1. The second kappa shape index (κ2) is 8.85. The largest absolute Gasteiger partial charge is 0.810 e. The van der Waals surface area contributed by atoms with Gasteiger partial charge in [0.2, 0.25) is 0 Å². The second-order valence-corrected chi connectivity index (χ2v) is 9.73. The quantitative estimate of drug-likeness (QED) is 0.445. The van der Waals surface area contributed by atoms with Gasteiger partial charge in [0.05, 0.1) is 10.6 Å². The molecular formula is C17H15F3O7PS-3. The third-order valence-electron chi connectivity index (χ3n) is 3.92. The number of para-hydroxylation sites is 1. The fourth-order valence-corrected chi connectivity index (χ4v) is 4.84. The van der Waals surface area contributed by atoms with Crippen molar-refractivity contribution in [2.45, 2.75) is 30.4 Å². The summed E-state index contributed by atoms with van der Waals surface area (Å²) in [6.45, 7) is 0. The number of alkyl halides is 3.